The minimum atomic E-state index is -0.363. The first-order valence-corrected chi connectivity index (χ1v) is 8.25. The van der Waals surface area contributed by atoms with Crippen LogP contribution in [0.4, 0.5) is 5.69 Å². The predicted molar refractivity (Wildman–Crippen MR) is 107 cm³/mol. The van der Waals surface area contributed by atoms with Crippen molar-refractivity contribution in [3.8, 4) is 11.5 Å². The number of ether oxygens (including phenoxy) is 4. The number of aliphatic imine (C=N–C) groups is 1. The summed E-state index contributed by atoms with van der Waals surface area (Å²) in [6.45, 7) is 1.03. The SMILES string of the molecule is COc1ccc(OC)c(NC(N)=NCC2COC3(CCCC3)O2)c1.I. The van der Waals surface area contributed by atoms with E-state index in [4.69, 9.17) is 24.7 Å². The standard InChI is InChI=1S/C17H25N3O4.HI/c1-21-12-5-6-15(22-2)14(9-12)20-16(18)19-10-13-11-23-17(24-13)7-3-4-8-17;/h5-6,9,13H,3-4,7-8,10-11H2,1-2H3,(H3,18,19,20);1H. The Morgan fingerprint density at radius 1 is 1.32 bits per heavy atom. The second kappa shape index (κ2) is 8.91. The molecule has 1 spiro atoms. The lowest BCUT2D eigenvalue weighted by molar-refractivity contribution is -0.160. The van der Waals surface area contributed by atoms with E-state index in [1.54, 1.807) is 14.2 Å². The molecule has 1 aliphatic carbocycles. The molecule has 1 aromatic rings. The molecule has 1 heterocycles. The maximum Gasteiger partial charge on any atom is 0.193 e. The van der Waals surface area contributed by atoms with Crippen molar-refractivity contribution in [2.24, 2.45) is 10.7 Å². The Labute approximate surface area is 165 Å². The summed E-state index contributed by atoms with van der Waals surface area (Å²) in [5.74, 6) is 1.32. The Morgan fingerprint density at radius 3 is 2.76 bits per heavy atom. The van der Waals surface area contributed by atoms with E-state index in [1.807, 2.05) is 18.2 Å². The predicted octanol–water partition coefficient (Wildman–Crippen LogP) is 2.73. The summed E-state index contributed by atoms with van der Waals surface area (Å²) in [5, 5.41) is 3.05. The minimum Gasteiger partial charge on any atom is -0.497 e. The molecule has 0 radical (unpaired) electrons. The molecule has 0 bridgehead atoms. The monoisotopic (exact) mass is 463 g/mol. The van der Waals surface area contributed by atoms with Crippen LogP contribution in [0.25, 0.3) is 0 Å². The first-order chi connectivity index (χ1) is 11.6. The lowest BCUT2D eigenvalue weighted by Crippen LogP contribution is -2.28. The molecule has 3 N–H and O–H groups in total. The van der Waals surface area contributed by atoms with Crippen LogP contribution in [0.5, 0.6) is 11.5 Å². The number of nitrogens with zero attached hydrogens (tertiary/aromatic N) is 1. The van der Waals surface area contributed by atoms with Crippen LogP contribution in [0.3, 0.4) is 0 Å². The van der Waals surface area contributed by atoms with Crippen LogP contribution in [0.2, 0.25) is 0 Å². The van der Waals surface area contributed by atoms with E-state index in [9.17, 15) is 0 Å². The van der Waals surface area contributed by atoms with Crippen LogP contribution in [-0.2, 0) is 9.47 Å². The van der Waals surface area contributed by atoms with Crippen molar-refractivity contribution in [1.82, 2.24) is 0 Å². The fourth-order valence-corrected chi connectivity index (χ4v) is 3.17. The van der Waals surface area contributed by atoms with E-state index < -0.39 is 0 Å². The van der Waals surface area contributed by atoms with Gasteiger partial charge in [0.15, 0.2) is 11.7 Å². The minimum absolute atomic E-state index is 0. The Balaban J connectivity index is 0.00000225. The van der Waals surface area contributed by atoms with Crippen LogP contribution in [0, 0.1) is 0 Å². The molecule has 3 rings (SSSR count). The van der Waals surface area contributed by atoms with Crippen molar-refractivity contribution in [2.45, 2.75) is 37.6 Å². The van der Waals surface area contributed by atoms with Gasteiger partial charge >= 0.3 is 0 Å². The van der Waals surface area contributed by atoms with Gasteiger partial charge in [-0.3, -0.25) is 4.99 Å². The van der Waals surface area contributed by atoms with Gasteiger partial charge in [-0.25, -0.2) is 0 Å². The van der Waals surface area contributed by atoms with E-state index in [-0.39, 0.29) is 35.9 Å². The fraction of sp³-hybridized carbons (Fsp3) is 0.588. The van der Waals surface area contributed by atoms with Gasteiger partial charge in [-0.15, -0.1) is 24.0 Å². The second-order valence-corrected chi connectivity index (χ2v) is 6.09. The molecule has 7 nitrogen and oxygen atoms in total. The third-order valence-electron chi connectivity index (χ3n) is 4.41. The lowest BCUT2D eigenvalue weighted by Gasteiger charge is -2.21. The van der Waals surface area contributed by atoms with Gasteiger partial charge in [-0.2, -0.15) is 0 Å². The molecule has 0 amide bonds. The molecule has 1 aromatic carbocycles. The third-order valence-corrected chi connectivity index (χ3v) is 4.41. The van der Waals surface area contributed by atoms with Gasteiger partial charge < -0.3 is 30.0 Å². The average molecular weight is 463 g/mol. The summed E-state index contributed by atoms with van der Waals surface area (Å²) in [6.07, 6.45) is 4.23. The summed E-state index contributed by atoms with van der Waals surface area (Å²) >= 11 is 0. The first-order valence-electron chi connectivity index (χ1n) is 8.25. The number of nitrogens with one attached hydrogen (secondary N) is 1. The van der Waals surface area contributed by atoms with Gasteiger partial charge in [0.25, 0.3) is 0 Å². The first kappa shape index (κ1) is 20.1. The van der Waals surface area contributed by atoms with Crippen molar-refractivity contribution >= 4 is 35.6 Å². The van der Waals surface area contributed by atoms with Gasteiger partial charge in [-0.05, 0) is 25.0 Å². The van der Waals surface area contributed by atoms with Crippen LogP contribution < -0.4 is 20.5 Å². The molecular formula is C17H26IN3O4. The molecule has 8 heteroatoms. The lowest BCUT2D eigenvalue weighted by atomic mass is 10.2. The quantitative estimate of drug-likeness (QED) is 0.397. The van der Waals surface area contributed by atoms with E-state index in [1.165, 1.54) is 0 Å². The molecule has 2 fully saturated rings. The Kier molecular flexibility index (Phi) is 7.14. The van der Waals surface area contributed by atoms with Crippen molar-refractivity contribution in [1.29, 1.82) is 0 Å². The molecule has 0 aromatic heterocycles. The van der Waals surface area contributed by atoms with Crippen LogP contribution >= 0.6 is 24.0 Å². The van der Waals surface area contributed by atoms with Crippen molar-refractivity contribution in [3.05, 3.63) is 18.2 Å². The highest BCUT2D eigenvalue weighted by Gasteiger charge is 2.43. The summed E-state index contributed by atoms with van der Waals surface area (Å²) in [4.78, 5) is 4.37. The van der Waals surface area contributed by atoms with Gasteiger partial charge in [0, 0.05) is 18.9 Å². The maximum atomic E-state index is 6.03. The summed E-state index contributed by atoms with van der Waals surface area (Å²) in [6, 6.07) is 5.44. The number of hydrogen-bond acceptors (Lipinski definition) is 5. The molecule has 25 heavy (non-hydrogen) atoms. The van der Waals surface area contributed by atoms with Crippen molar-refractivity contribution < 1.29 is 18.9 Å². The molecular weight excluding hydrogens is 437 g/mol. The zero-order valence-corrected chi connectivity index (χ0v) is 16.9. The van der Waals surface area contributed by atoms with Crippen LogP contribution in [-0.4, -0.2) is 45.2 Å². The Morgan fingerprint density at radius 2 is 2.08 bits per heavy atom. The largest absolute Gasteiger partial charge is 0.497 e. The maximum absolute atomic E-state index is 6.03. The number of hydrogen-bond donors (Lipinski definition) is 2. The number of nitrogens with two attached hydrogens (primary N) is 1. The topological polar surface area (TPSA) is 87.3 Å². The molecule has 1 saturated heterocycles. The molecule has 1 saturated carbocycles. The molecule has 1 aliphatic heterocycles. The van der Waals surface area contributed by atoms with E-state index >= 15 is 0 Å². The highest BCUT2D eigenvalue weighted by atomic mass is 127. The highest BCUT2D eigenvalue weighted by Crippen LogP contribution is 2.39. The number of halogens is 1. The zero-order chi connectivity index (χ0) is 17.0. The summed E-state index contributed by atoms with van der Waals surface area (Å²) in [5.41, 5.74) is 6.69. The molecule has 140 valence electrons. The normalized spacial score (nSPS) is 21.8. The second-order valence-electron chi connectivity index (χ2n) is 6.09. The number of benzene rings is 1. The fourth-order valence-electron chi connectivity index (χ4n) is 3.17. The Hall–Kier alpha value is -1.26. The van der Waals surface area contributed by atoms with E-state index in [0.717, 1.165) is 25.7 Å². The van der Waals surface area contributed by atoms with E-state index in [2.05, 4.69) is 10.3 Å². The van der Waals surface area contributed by atoms with Crippen molar-refractivity contribution in [2.75, 3.05) is 32.7 Å². The number of methoxy groups -OCH3 is 2. The summed E-state index contributed by atoms with van der Waals surface area (Å²) in [7, 11) is 3.21. The van der Waals surface area contributed by atoms with E-state index in [0.29, 0.717) is 36.3 Å². The van der Waals surface area contributed by atoms with Crippen LogP contribution in [0.15, 0.2) is 23.2 Å². The number of anilines is 1. The molecule has 1 atom stereocenters. The summed E-state index contributed by atoms with van der Waals surface area (Å²) < 4.78 is 22.4. The Bertz CT molecular complexity index is 606. The zero-order valence-electron chi connectivity index (χ0n) is 14.6. The molecule has 2 aliphatic rings. The van der Waals surface area contributed by atoms with Crippen molar-refractivity contribution in [3.63, 3.8) is 0 Å². The smallest absolute Gasteiger partial charge is 0.193 e. The van der Waals surface area contributed by atoms with Crippen LogP contribution in [0.1, 0.15) is 25.7 Å². The number of guanidine groups is 1. The number of rotatable bonds is 5. The van der Waals surface area contributed by atoms with Gasteiger partial charge in [0.2, 0.25) is 0 Å². The third kappa shape index (κ3) is 4.89. The van der Waals surface area contributed by atoms with Gasteiger partial charge in [0.1, 0.15) is 17.6 Å². The van der Waals surface area contributed by atoms with Gasteiger partial charge in [-0.1, -0.05) is 0 Å². The average Bonchev–Trinajstić information content (AvgIpc) is 3.23. The van der Waals surface area contributed by atoms with Gasteiger partial charge in [0.05, 0.1) is 33.1 Å². The molecule has 1 unspecified atom stereocenters. The highest BCUT2D eigenvalue weighted by molar-refractivity contribution is 14.0.